The topological polar surface area (TPSA) is 48.0 Å². The van der Waals surface area contributed by atoms with E-state index in [1.807, 2.05) is 30.3 Å². The van der Waals surface area contributed by atoms with Crippen molar-refractivity contribution in [1.82, 2.24) is 4.57 Å². The molecule has 0 amide bonds. The zero-order valence-corrected chi connectivity index (χ0v) is 19.9. The first-order valence-electron chi connectivity index (χ1n) is 11.5. The monoisotopic (exact) mass is 494 g/mol. The maximum atomic E-state index is 14.9. The second-order valence-corrected chi connectivity index (χ2v) is 8.81. The average molecular weight is 495 g/mol. The van der Waals surface area contributed by atoms with Crippen LogP contribution in [0.3, 0.4) is 0 Å². The van der Waals surface area contributed by atoms with Crippen LogP contribution in [0.4, 0.5) is 17.6 Å². The molecule has 4 rings (SSSR count). The van der Waals surface area contributed by atoms with Crippen molar-refractivity contribution >= 4 is 0 Å². The predicted molar refractivity (Wildman–Crippen MR) is 133 cm³/mol. The van der Waals surface area contributed by atoms with Crippen LogP contribution in [0, 0.1) is 19.7 Å². The number of aromatic nitrogens is 1. The Labute approximate surface area is 206 Å². The average Bonchev–Trinajstić information content (AvgIpc) is 2.85. The molecule has 4 aromatic rings. The van der Waals surface area contributed by atoms with Crippen molar-refractivity contribution in [3.8, 4) is 11.1 Å². The van der Waals surface area contributed by atoms with Gasteiger partial charge in [0, 0.05) is 30.3 Å². The fraction of sp³-hybridized carbons (Fsp3) is 0.207. The largest absolute Gasteiger partial charge is 0.416 e. The minimum absolute atomic E-state index is 0.0738. The van der Waals surface area contributed by atoms with E-state index in [1.165, 1.54) is 34.9 Å². The Bertz CT molecular complexity index is 1440. The molecule has 3 nitrogen and oxygen atoms in total. The number of hydrogen-bond acceptors (Lipinski definition) is 2. The van der Waals surface area contributed by atoms with E-state index in [0.29, 0.717) is 16.8 Å². The lowest BCUT2D eigenvalue weighted by atomic mass is 9.90. The summed E-state index contributed by atoms with van der Waals surface area (Å²) in [6.07, 6.45) is -4.60. The van der Waals surface area contributed by atoms with E-state index in [2.05, 4.69) is 0 Å². The summed E-state index contributed by atoms with van der Waals surface area (Å²) in [5, 5.41) is 0. The highest BCUT2D eigenvalue weighted by atomic mass is 19.4. The van der Waals surface area contributed by atoms with Gasteiger partial charge in [-0.15, -0.1) is 0 Å². The predicted octanol–water partition coefficient (Wildman–Crippen LogP) is 6.58. The first-order valence-corrected chi connectivity index (χ1v) is 11.5. The summed E-state index contributed by atoms with van der Waals surface area (Å²) in [5.41, 5.74) is 7.84. The molecule has 186 valence electrons. The molecular weight excluding hydrogens is 468 g/mol. The van der Waals surface area contributed by atoms with Crippen LogP contribution in [0.15, 0.2) is 83.7 Å². The molecule has 3 aromatic carbocycles. The van der Waals surface area contributed by atoms with Crippen LogP contribution in [0.25, 0.3) is 11.1 Å². The van der Waals surface area contributed by atoms with Crippen molar-refractivity contribution in [3.63, 3.8) is 0 Å². The molecule has 1 heterocycles. The summed E-state index contributed by atoms with van der Waals surface area (Å²) in [6.45, 7) is 3.44. The molecule has 0 radical (unpaired) electrons. The zero-order chi connectivity index (χ0) is 26.0. The molecule has 36 heavy (non-hydrogen) atoms. The summed E-state index contributed by atoms with van der Waals surface area (Å²) in [6, 6.07) is 19.9. The molecule has 7 heteroatoms. The Morgan fingerprint density at radius 3 is 2.17 bits per heavy atom. The van der Waals surface area contributed by atoms with Crippen molar-refractivity contribution in [2.45, 2.75) is 39.0 Å². The molecule has 0 aliphatic heterocycles. The van der Waals surface area contributed by atoms with Gasteiger partial charge < -0.3 is 10.3 Å². The molecule has 1 aromatic heterocycles. The second kappa shape index (κ2) is 10.1. The van der Waals surface area contributed by atoms with Crippen molar-refractivity contribution in [3.05, 3.63) is 129 Å². The Balaban J connectivity index is 1.93. The van der Waals surface area contributed by atoms with E-state index < -0.39 is 29.2 Å². The lowest BCUT2D eigenvalue weighted by molar-refractivity contribution is -0.138. The number of benzene rings is 3. The highest BCUT2D eigenvalue weighted by Gasteiger charge is 2.33. The normalized spacial score (nSPS) is 12.5. The van der Waals surface area contributed by atoms with E-state index in [9.17, 15) is 22.4 Å². The van der Waals surface area contributed by atoms with Crippen molar-refractivity contribution < 1.29 is 17.6 Å². The third-order valence-electron chi connectivity index (χ3n) is 6.57. The Morgan fingerprint density at radius 2 is 1.50 bits per heavy atom. The van der Waals surface area contributed by atoms with Crippen molar-refractivity contribution in [2.75, 3.05) is 0 Å². The number of rotatable bonds is 6. The molecule has 0 aliphatic carbocycles. The fourth-order valence-corrected chi connectivity index (χ4v) is 4.64. The number of halogens is 4. The van der Waals surface area contributed by atoms with Gasteiger partial charge in [0.15, 0.2) is 0 Å². The minimum atomic E-state index is -4.53. The summed E-state index contributed by atoms with van der Waals surface area (Å²) in [4.78, 5) is 13.7. The zero-order valence-electron chi connectivity index (χ0n) is 19.9. The van der Waals surface area contributed by atoms with Crippen molar-refractivity contribution in [1.29, 1.82) is 0 Å². The van der Waals surface area contributed by atoms with Crippen LogP contribution in [0.2, 0.25) is 0 Å². The highest BCUT2D eigenvalue weighted by molar-refractivity contribution is 5.69. The lowest BCUT2D eigenvalue weighted by Gasteiger charge is -2.23. The first kappa shape index (κ1) is 25.4. The third kappa shape index (κ3) is 4.97. The number of hydrogen-bond donors (Lipinski definition) is 1. The maximum absolute atomic E-state index is 14.9. The van der Waals surface area contributed by atoms with Gasteiger partial charge >= 0.3 is 6.18 Å². The molecule has 2 N–H and O–H groups in total. The number of alkyl halides is 3. The van der Waals surface area contributed by atoms with Crippen molar-refractivity contribution in [2.24, 2.45) is 5.73 Å². The Morgan fingerprint density at radius 1 is 0.889 bits per heavy atom. The fourth-order valence-electron chi connectivity index (χ4n) is 4.64. The van der Waals surface area contributed by atoms with Crippen LogP contribution < -0.4 is 11.3 Å². The van der Waals surface area contributed by atoms with Gasteiger partial charge in [-0.1, -0.05) is 66.7 Å². The molecule has 0 spiro atoms. The molecule has 0 fully saturated rings. The highest BCUT2D eigenvalue weighted by Crippen LogP contribution is 2.35. The summed E-state index contributed by atoms with van der Waals surface area (Å²) >= 11 is 0. The van der Waals surface area contributed by atoms with E-state index >= 15 is 0 Å². The number of nitrogens with zero attached hydrogens (tertiary/aromatic N) is 1. The van der Waals surface area contributed by atoms with Gasteiger partial charge in [0.05, 0.1) is 11.1 Å². The standard InChI is InChI=1S/C29H26F4N2O/c1-18-23(16-21-12-6-8-14-24(21)29(31,32)33)19(2)35(17-26(34)20-10-4-3-5-11-20)28(36)27(18)22-13-7-9-15-25(22)30/h3-15,26H,16-17,34H2,1-2H3. The molecule has 0 saturated heterocycles. The van der Waals surface area contributed by atoms with Gasteiger partial charge in [-0.25, -0.2) is 4.39 Å². The molecule has 1 atom stereocenters. The minimum Gasteiger partial charge on any atom is -0.322 e. The quantitative estimate of drug-likeness (QED) is 0.308. The van der Waals surface area contributed by atoms with Crippen LogP contribution in [-0.2, 0) is 19.1 Å². The van der Waals surface area contributed by atoms with Gasteiger partial charge in [-0.05, 0) is 48.2 Å². The Hall–Kier alpha value is -3.71. The third-order valence-corrected chi connectivity index (χ3v) is 6.57. The molecular formula is C29H26F4N2O. The maximum Gasteiger partial charge on any atom is 0.416 e. The van der Waals surface area contributed by atoms with Crippen LogP contribution in [0.5, 0.6) is 0 Å². The van der Waals surface area contributed by atoms with Gasteiger partial charge in [0.2, 0.25) is 0 Å². The summed E-state index contributed by atoms with van der Waals surface area (Å²) in [7, 11) is 0. The van der Waals surface area contributed by atoms with E-state index in [0.717, 1.165) is 11.6 Å². The molecule has 0 saturated carbocycles. The lowest BCUT2D eigenvalue weighted by Crippen LogP contribution is -2.31. The van der Waals surface area contributed by atoms with Gasteiger partial charge in [0.25, 0.3) is 5.56 Å². The number of pyridine rings is 1. The summed E-state index contributed by atoms with van der Waals surface area (Å²) in [5.74, 6) is -0.581. The van der Waals surface area contributed by atoms with Gasteiger partial charge in [-0.3, -0.25) is 4.79 Å². The van der Waals surface area contributed by atoms with Gasteiger partial charge in [0.1, 0.15) is 5.82 Å². The second-order valence-electron chi connectivity index (χ2n) is 8.81. The Kier molecular flexibility index (Phi) is 7.13. The van der Waals surface area contributed by atoms with E-state index in [-0.39, 0.29) is 29.7 Å². The molecule has 0 aliphatic rings. The van der Waals surface area contributed by atoms with E-state index in [1.54, 1.807) is 26.0 Å². The van der Waals surface area contributed by atoms with Gasteiger partial charge in [-0.2, -0.15) is 13.2 Å². The van der Waals surface area contributed by atoms with Crippen LogP contribution >= 0.6 is 0 Å². The molecule has 0 bridgehead atoms. The first-order chi connectivity index (χ1) is 17.1. The molecule has 1 unspecified atom stereocenters. The number of nitrogens with two attached hydrogens (primary N) is 1. The van der Waals surface area contributed by atoms with E-state index in [4.69, 9.17) is 5.73 Å². The summed E-state index contributed by atoms with van der Waals surface area (Å²) < 4.78 is 57.5. The SMILES string of the molecule is Cc1c(Cc2ccccc2C(F)(F)F)c(C)n(CC(N)c2ccccc2)c(=O)c1-c1ccccc1F. The van der Waals surface area contributed by atoms with Crippen LogP contribution in [0.1, 0.15) is 39.6 Å². The smallest absolute Gasteiger partial charge is 0.322 e. The van der Waals surface area contributed by atoms with Crippen LogP contribution in [-0.4, -0.2) is 4.57 Å².